The average Bonchev–Trinajstić information content (AvgIpc) is 3.58. The van der Waals surface area contributed by atoms with E-state index in [4.69, 9.17) is 14.6 Å². The summed E-state index contributed by atoms with van der Waals surface area (Å²) >= 11 is 0. The summed E-state index contributed by atoms with van der Waals surface area (Å²) in [5.74, 6) is -2.82. The van der Waals surface area contributed by atoms with Crippen molar-refractivity contribution >= 4 is 23.3 Å². The molecule has 224 valence electrons. The molecule has 5 rings (SSSR count). The maximum Gasteiger partial charge on any atom is 0.490 e. The van der Waals surface area contributed by atoms with Crippen LogP contribution in [0.25, 0.3) is 0 Å². The van der Waals surface area contributed by atoms with Crippen LogP contribution in [0.5, 0.6) is 0 Å². The van der Waals surface area contributed by atoms with Crippen LogP contribution in [0.4, 0.5) is 24.5 Å². The van der Waals surface area contributed by atoms with E-state index in [1.807, 2.05) is 18.2 Å². The van der Waals surface area contributed by atoms with Gasteiger partial charge in [0.05, 0.1) is 13.2 Å². The summed E-state index contributed by atoms with van der Waals surface area (Å²) in [5.41, 5.74) is 5.28. The zero-order valence-corrected chi connectivity index (χ0v) is 23.6. The molecular weight excluding hydrogens is 537 g/mol. The van der Waals surface area contributed by atoms with Gasteiger partial charge in [0.15, 0.2) is 0 Å². The number of morpholine rings is 1. The van der Waals surface area contributed by atoms with Crippen molar-refractivity contribution in [2.45, 2.75) is 57.9 Å². The summed E-state index contributed by atoms with van der Waals surface area (Å²) in [5, 5.41) is 10.2. The van der Waals surface area contributed by atoms with Crippen LogP contribution in [0.15, 0.2) is 42.5 Å². The molecule has 0 bridgehead atoms. The maximum atomic E-state index is 12.8. The largest absolute Gasteiger partial charge is 0.490 e. The Morgan fingerprint density at radius 3 is 2.29 bits per heavy atom. The van der Waals surface area contributed by atoms with Crippen LogP contribution in [0.3, 0.4) is 0 Å². The van der Waals surface area contributed by atoms with Crippen molar-refractivity contribution in [3.8, 4) is 0 Å². The molecule has 2 aromatic carbocycles. The van der Waals surface area contributed by atoms with Crippen LogP contribution >= 0.6 is 0 Å². The highest BCUT2D eigenvalue weighted by atomic mass is 19.4. The number of amides is 1. The summed E-state index contributed by atoms with van der Waals surface area (Å²) in [4.78, 5) is 29.3. The van der Waals surface area contributed by atoms with Gasteiger partial charge >= 0.3 is 12.1 Å². The third-order valence-electron chi connectivity index (χ3n) is 8.00. The lowest BCUT2D eigenvalue weighted by Gasteiger charge is -2.29. The Bertz CT molecular complexity index is 1190. The molecule has 0 aliphatic carbocycles. The molecule has 8 nitrogen and oxygen atoms in total. The number of ether oxygens (including phenoxy) is 1. The number of halogens is 3. The van der Waals surface area contributed by atoms with E-state index >= 15 is 0 Å². The topological polar surface area (TPSA) is 85.4 Å². The number of likely N-dealkylation sites (tertiary alicyclic amines) is 1. The third-order valence-corrected chi connectivity index (χ3v) is 8.00. The second-order valence-corrected chi connectivity index (χ2v) is 11.0. The number of carbonyl (C=O) groups is 2. The van der Waals surface area contributed by atoms with Crippen LogP contribution in [0.2, 0.25) is 0 Å². The van der Waals surface area contributed by atoms with Crippen LogP contribution in [-0.4, -0.2) is 91.0 Å². The molecule has 0 saturated carbocycles. The minimum absolute atomic E-state index is 0.0608. The van der Waals surface area contributed by atoms with Crippen molar-refractivity contribution in [3.63, 3.8) is 0 Å². The number of carboxylic acids is 1. The summed E-state index contributed by atoms with van der Waals surface area (Å²) < 4.78 is 37.2. The number of benzene rings is 2. The number of hydrogen-bond acceptors (Lipinski definition) is 6. The van der Waals surface area contributed by atoms with E-state index < -0.39 is 12.1 Å². The summed E-state index contributed by atoms with van der Waals surface area (Å²) in [6, 6.07) is 15.7. The Kier molecular flexibility index (Phi) is 10.3. The second-order valence-electron chi connectivity index (χ2n) is 11.0. The number of carbonyl (C=O) groups excluding carboxylic acids is 1. The molecule has 2 aromatic rings. The Morgan fingerprint density at radius 1 is 1.02 bits per heavy atom. The molecule has 2 unspecified atom stereocenters. The predicted molar refractivity (Wildman–Crippen MR) is 151 cm³/mol. The quantitative estimate of drug-likeness (QED) is 0.512. The van der Waals surface area contributed by atoms with Crippen molar-refractivity contribution < 1.29 is 32.6 Å². The number of nitrogens with zero attached hydrogens (tertiary/aromatic N) is 3. The van der Waals surface area contributed by atoms with Gasteiger partial charge < -0.3 is 20.1 Å². The van der Waals surface area contributed by atoms with E-state index in [0.717, 1.165) is 57.7 Å². The summed E-state index contributed by atoms with van der Waals surface area (Å²) in [6.45, 7) is 12.4. The first kappa shape index (κ1) is 30.8. The molecule has 1 amide bonds. The lowest BCUT2D eigenvalue weighted by atomic mass is 10.1. The van der Waals surface area contributed by atoms with Crippen molar-refractivity contribution in [3.05, 3.63) is 59.2 Å². The van der Waals surface area contributed by atoms with Gasteiger partial charge in [-0.2, -0.15) is 13.2 Å². The zero-order chi connectivity index (χ0) is 29.6. The van der Waals surface area contributed by atoms with Crippen molar-refractivity contribution in [2.24, 2.45) is 0 Å². The molecule has 0 aromatic heterocycles. The van der Waals surface area contributed by atoms with E-state index in [1.54, 1.807) is 0 Å². The van der Waals surface area contributed by atoms with Gasteiger partial charge in [-0.05, 0) is 81.1 Å². The molecule has 0 spiro atoms. The number of nitrogens with one attached hydrogen (secondary N) is 1. The fraction of sp³-hybridized carbons (Fsp3) is 0.533. The highest BCUT2D eigenvalue weighted by Gasteiger charge is 2.38. The fourth-order valence-electron chi connectivity index (χ4n) is 5.80. The third kappa shape index (κ3) is 8.43. The van der Waals surface area contributed by atoms with Crippen molar-refractivity contribution in [2.75, 3.05) is 56.2 Å². The van der Waals surface area contributed by atoms with Crippen LogP contribution in [-0.2, 0) is 16.1 Å². The van der Waals surface area contributed by atoms with Gasteiger partial charge in [0.25, 0.3) is 5.91 Å². The molecule has 3 aliphatic heterocycles. The van der Waals surface area contributed by atoms with E-state index in [-0.39, 0.29) is 5.91 Å². The molecule has 2 N–H and O–H groups in total. The van der Waals surface area contributed by atoms with Gasteiger partial charge in [-0.1, -0.05) is 12.1 Å². The number of rotatable bonds is 6. The van der Waals surface area contributed by atoms with E-state index in [9.17, 15) is 18.0 Å². The molecule has 2 atom stereocenters. The SMILES string of the molecule is Cc1cc(NC(=O)c2ccc(CN3CCOCC3)cc2)ccc1N1CCC(N2CCCC2C)C1.O=C(O)C(F)(F)F. The van der Waals surface area contributed by atoms with Gasteiger partial charge in [-0.15, -0.1) is 0 Å². The van der Waals surface area contributed by atoms with Gasteiger partial charge in [-0.25, -0.2) is 4.79 Å². The van der Waals surface area contributed by atoms with E-state index in [0.29, 0.717) is 11.6 Å². The normalized spacial score (nSPS) is 21.8. The molecule has 0 radical (unpaired) electrons. The molecule has 41 heavy (non-hydrogen) atoms. The first-order chi connectivity index (χ1) is 19.5. The van der Waals surface area contributed by atoms with Crippen molar-refractivity contribution in [1.82, 2.24) is 9.80 Å². The first-order valence-corrected chi connectivity index (χ1v) is 14.1. The number of anilines is 2. The average molecular weight is 577 g/mol. The molecule has 3 aliphatic rings. The van der Waals surface area contributed by atoms with Gasteiger partial charge in [0, 0.05) is 61.7 Å². The Morgan fingerprint density at radius 2 is 1.71 bits per heavy atom. The molecule has 11 heteroatoms. The van der Waals surface area contributed by atoms with Crippen LogP contribution in [0.1, 0.15) is 47.7 Å². The van der Waals surface area contributed by atoms with Crippen LogP contribution < -0.4 is 10.2 Å². The fourth-order valence-corrected chi connectivity index (χ4v) is 5.80. The van der Waals surface area contributed by atoms with Crippen LogP contribution in [0, 0.1) is 6.92 Å². The lowest BCUT2D eigenvalue weighted by Crippen LogP contribution is -2.39. The number of carboxylic acid groups (broad SMARTS) is 1. The van der Waals surface area contributed by atoms with Gasteiger partial charge in [0.1, 0.15) is 0 Å². The highest BCUT2D eigenvalue weighted by Crippen LogP contribution is 2.31. The number of alkyl halides is 3. The molecule has 3 saturated heterocycles. The Hall–Kier alpha value is -3.15. The maximum absolute atomic E-state index is 12.8. The first-order valence-electron chi connectivity index (χ1n) is 14.1. The smallest absolute Gasteiger partial charge is 0.475 e. The summed E-state index contributed by atoms with van der Waals surface area (Å²) in [6.07, 6.45) is -1.17. The Balaban J connectivity index is 0.000000493. The van der Waals surface area contributed by atoms with E-state index in [1.165, 1.54) is 42.6 Å². The minimum Gasteiger partial charge on any atom is -0.475 e. The molecular formula is C30H39F3N4O4. The number of aryl methyl sites for hydroxylation is 1. The Labute approximate surface area is 239 Å². The molecule has 3 fully saturated rings. The van der Waals surface area contributed by atoms with Crippen molar-refractivity contribution in [1.29, 1.82) is 0 Å². The monoisotopic (exact) mass is 576 g/mol. The second kappa shape index (κ2) is 13.7. The minimum atomic E-state index is -5.08. The zero-order valence-electron chi connectivity index (χ0n) is 23.6. The summed E-state index contributed by atoms with van der Waals surface area (Å²) in [7, 11) is 0. The standard InChI is InChI=1S/C28H38N4O2.C2HF3O2/c1-21-18-25(9-10-27(21)31-13-11-26(20-31)32-12-3-4-22(32)2)29-28(33)24-7-5-23(6-8-24)19-30-14-16-34-17-15-30;3-2(4,5)1(6)7/h5-10,18,22,26H,3-4,11-17,19-20H2,1-2H3,(H,29,33);(H,6,7). The molecule has 3 heterocycles. The number of hydrogen-bond donors (Lipinski definition) is 2. The van der Waals surface area contributed by atoms with Gasteiger partial charge in [0.2, 0.25) is 0 Å². The predicted octanol–water partition coefficient (Wildman–Crippen LogP) is 4.78. The van der Waals surface area contributed by atoms with Gasteiger partial charge in [-0.3, -0.25) is 14.6 Å². The number of aliphatic carboxylic acids is 1. The highest BCUT2D eigenvalue weighted by molar-refractivity contribution is 6.04. The lowest BCUT2D eigenvalue weighted by molar-refractivity contribution is -0.192. The van der Waals surface area contributed by atoms with E-state index in [2.05, 4.69) is 58.1 Å².